The molecule has 0 aliphatic heterocycles. The first-order valence-corrected chi connectivity index (χ1v) is 13.5. The van der Waals surface area contributed by atoms with E-state index >= 15 is 0 Å². The average Bonchev–Trinajstić information content (AvgIpc) is 2.27. The molecule has 0 saturated heterocycles. The molecule has 0 aliphatic carbocycles. The van der Waals surface area contributed by atoms with Crippen molar-refractivity contribution >= 4 is 18.5 Å². The van der Waals surface area contributed by atoms with E-state index in [9.17, 15) is 0 Å². The third kappa shape index (κ3) is 201. The minimum atomic E-state index is -4.56. The van der Waals surface area contributed by atoms with Gasteiger partial charge >= 0.3 is 108 Å². The molecule has 0 N–H and O–H groups in total. The van der Waals surface area contributed by atoms with Gasteiger partial charge < -0.3 is 21.4 Å². The number of allylic oxidation sites excluding steroid dienone is 3. The van der Waals surface area contributed by atoms with Gasteiger partial charge in [-0.2, -0.15) is 11.8 Å². The Hall–Kier alpha value is 1.62. The van der Waals surface area contributed by atoms with Crippen LogP contribution in [0.25, 0.3) is 0 Å². The molecule has 0 amide bonds. The van der Waals surface area contributed by atoms with Crippen LogP contribution < -0.4 is 14.7 Å². The maximum Gasteiger partial charge on any atom is -0.151 e. The summed E-state index contributed by atoms with van der Waals surface area (Å²) in [5.41, 5.74) is 0. The number of hydrogen-bond donors (Lipinski definition) is 0. The second-order valence-corrected chi connectivity index (χ2v) is 8.05. The minimum Gasteiger partial charge on any atom is -0.844 e. The second-order valence-electron chi connectivity index (χ2n) is 2.18. The predicted molar refractivity (Wildman–Crippen MR) is 59.3 cm³/mol. The Bertz CT molecular complexity index is 182. The Morgan fingerprint density at radius 2 is 0.882 bits per heavy atom. The molecule has 0 radical (unpaired) electrons. The minimum absolute atomic E-state index is 1.21. The summed E-state index contributed by atoms with van der Waals surface area (Å²) in [5, 5.41) is 3.63. The van der Waals surface area contributed by atoms with Crippen molar-refractivity contribution in [2.45, 2.75) is 15.0 Å². The van der Waals surface area contributed by atoms with Gasteiger partial charge in [0.05, 0.1) is 0 Å². The van der Waals surface area contributed by atoms with Crippen LogP contribution in [-0.2, 0) is 66.7 Å². The molecule has 17 heavy (non-hydrogen) atoms. The van der Waals surface area contributed by atoms with E-state index in [1.54, 1.807) is 0 Å². The standard InChI is InChI=1S/3C3H5.H3O3PS.3Zn/c3*1-3-2;1-4(2,3)5;;;/h3*3H,1-2H2;(H3,1,2,3,5);;;/q;;;;3*+1/p-3. The number of hydrogen-bond acceptors (Lipinski definition) is 4. The van der Waals surface area contributed by atoms with Crippen LogP contribution >= 0.6 is 6.72 Å². The third-order valence-electron chi connectivity index (χ3n) is 0.612. The zero-order valence-corrected chi connectivity index (χ0v) is 20.8. The summed E-state index contributed by atoms with van der Waals surface area (Å²) in [6.07, 6.45) is 5.79. The molecular formula is C9H15O3PSZn3. The molecule has 0 rings (SSSR count). The fourth-order valence-corrected chi connectivity index (χ4v) is 0. The first-order valence-electron chi connectivity index (χ1n) is 4.68. The summed E-state index contributed by atoms with van der Waals surface area (Å²) in [6, 6.07) is 0. The van der Waals surface area contributed by atoms with Gasteiger partial charge in [-0.3, -0.25) is 0 Å². The molecule has 0 aromatic carbocycles. The molecule has 0 spiro atoms. The van der Waals surface area contributed by atoms with Gasteiger partial charge in [0.2, 0.25) is 0 Å². The molecule has 0 aromatic heterocycles. The van der Waals surface area contributed by atoms with Crippen molar-refractivity contribution in [2.24, 2.45) is 0 Å². The fourth-order valence-electron chi connectivity index (χ4n) is 0. The third-order valence-corrected chi connectivity index (χ3v) is 3.18. The Morgan fingerprint density at radius 1 is 0.824 bits per heavy atom. The molecule has 0 bridgehead atoms. The Balaban J connectivity index is -0.0000000667. The van der Waals surface area contributed by atoms with E-state index in [1.165, 1.54) is 70.0 Å². The monoisotopic (exact) mass is 426 g/mol. The van der Waals surface area contributed by atoms with Crippen molar-refractivity contribution < 1.29 is 69.6 Å². The van der Waals surface area contributed by atoms with Crippen LogP contribution in [0.5, 0.6) is 0 Å². The molecule has 0 heterocycles. The summed E-state index contributed by atoms with van der Waals surface area (Å²) >= 11 is 7.32. The molecule has 0 aromatic rings. The Labute approximate surface area is 140 Å². The zero-order valence-electron chi connectivity index (χ0n) is 10.2. The van der Waals surface area contributed by atoms with E-state index < -0.39 is 6.72 Å². The molecule has 0 atom stereocenters. The molecule has 86 valence electrons. The number of rotatable bonds is 3. The molecule has 8 heteroatoms. The molecule has 0 aliphatic rings. The van der Waals surface area contributed by atoms with Gasteiger partial charge in [0, 0.05) is 0 Å². The van der Waals surface area contributed by atoms with E-state index in [2.05, 4.69) is 31.5 Å². The van der Waals surface area contributed by atoms with Crippen molar-refractivity contribution in [3.63, 3.8) is 0 Å². The van der Waals surface area contributed by atoms with Crippen LogP contribution in [0.2, 0.25) is 15.0 Å². The van der Waals surface area contributed by atoms with E-state index in [4.69, 9.17) is 14.7 Å². The average molecular weight is 430 g/mol. The zero-order chi connectivity index (χ0) is 14.7. The van der Waals surface area contributed by atoms with E-state index in [-0.39, 0.29) is 0 Å². The smallest absolute Gasteiger partial charge is 0.151 e. The van der Waals surface area contributed by atoms with E-state index in [0.29, 0.717) is 0 Å². The van der Waals surface area contributed by atoms with Crippen LogP contribution in [0.15, 0.2) is 38.0 Å². The maximum atomic E-state index is 8.92. The van der Waals surface area contributed by atoms with Crippen molar-refractivity contribution in [2.75, 3.05) is 0 Å². The predicted octanol–water partition coefficient (Wildman–Crippen LogP) is 0.704. The van der Waals surface area contributed by atoms with Gasteiger partial charge in [0.25, 0.3) is 0 Å². The van der Waals surface area contributed by atoms with Gasteiger partial charge in [-0.15, -0.1) is 0 Å². The SMILES string of the molecule is C=C[CH2][Zn+].C=C[CH2][Zn+].C=C[CH2][Zn+].[O-]P([O-])([O-])=S. The van der Waals surface area contributed by atoms with Crippen LogP contribution in [-0.4, -0.2) is 0 Å². The molecule has 0 saturated carbocycles. The van der Waals surface area contributed by atoms with Crippen molar-refractivity contribution in [1.29, 1.82) is 0 Å². The van der Waals surface area contributed by atoms with Crippen molar-refractivity contribution in [3.8, 4) is 0 Å². The topological polar surface area (TPSA) is 69.2 Å². The fraction of sp³-hybridized carbons (Fsp3) is 0.333. The summed E-state index contributed by atoms with van der Waals surface area (Å²) in [7, 11) is 0. The maximum absolute atomic E-state index is 8.92. The van der Waals surface area contributed by atoms with Gasteiger partial charge in [0.15, 0.2) is 0 Å². The molecule has 3 nitrogen and oxygen atoms in total. The van der Waals surface area contributed by atoms with Crippen LogP contribution in [0, 0.1) is 0 Å². The summed E-state index contributed by atoms with van der Waals surface area (Å²) < 4.78 is 0. The molecular weight excluding hydrogens is 415 g/mol. The molecule has 0 unspecified atom stereocenters. The van der Waals surface area contributed by atoms with Gasteiger partial charge in [-0.25, -0.2) is 0 Å². The second kappa shape index (κ2) is 26.2. The van der Waals surface area contributed by atoms with Gasteiger partial charge in [-0.05, 0) is 0 Å². The van der Waals surface area contributed by atoms with Crippen LogP contribution in [0.4, 0.5) is 0 Å². The van der Waals surface area contributed by atoms with Gasteiger partial charge in [0.1, 0.15) is 0 Å². The van der Waals surface area contributed by atoms with E-state index in [1.807, 2.05) is 18.2 Å². The molecule has 0 fully saturated rings. The Kier molecular flexibility index (Phi) is 41.7. The van der Waals surface area contributed by atoms with E-state index in [0.717, 1.165) is 0 Å². The normalized spacial score (nSPS) is 8.06. The van der Waals surface area contributed by atoms with Crippen molar-refractivity contribution in [1.82, 2.24) is 0 Å². The summed E-state index contributed by atoms with van der Waals surface area (Å²) in [4.78, 5) is 26.8. The van der Waals surface area contributed by atoms with Crippen LogP contribution in [0.1, 0.15) is 0 Å². The summed E-state index contributed by atoms with van der Waals surface area (Å²) in [5.74, 6) is 0. The van der Waals surface area contributed by atoms with Gasteiger partial charge in [-0.1, -0.05) is 0 Å². The first-order chi connectivity index (χ1) is 7.74. The Morgan fingerprint density at radius 3 is 0.882 bits per heavy atom. The summed E-state index contributed by atoms with van der Waals surface area (Å²) in [6.45, 7) is 5.98. The quantitative estimate of drug-likeness (QED) is 0.376. The van der Waals surface area contributed by atoms with Crippen LogP contribution in [0.3, 0.4) is 0 Å². The largest absolute Gasteiger partial charge is 0.844 e. The first kappa shape index (κ1) is 27.0. The van der Waals surface area contributed by atoms with Crippen molar-refractivity contribution in [3.05, 3.63) is 38.0 Å².